The highest BCUT2D eigenvalue weighted by molar-refractivity contribution is 14.1. The Kier molecular flexibility index (Phi) is 6.83. The van der Waals surface area contributed by atoms with E-state index in [2.05, 4.69) is 15.0 Å². The highest BCUT2D eigenvalue weighted by atomic mass is 127. The van der Waals surface area contributed by atoms with E-state index in [1.165, 1.54) is 30.2 Å². The van der Waals surface area contributed by atoms with E-state index in [-0.39, 0.29) is 16.9 Å². The van der Waals surface area contributed by atoms with E-state index in [1.807, 2.05) is 22.6 Å². The number of amides is 1. The van der Waals surface area contributed by atoms with Crippen molar-refractivity contribution < 1.29 is 17.6 Å². The van der Waals surface area contributed by atoms with Gasteiger partial charge in [-0.05, 0) is 59.0 Å². The smallest absolute Gasteiger partial charge is 0.252 e. The predicted octanol–water partition coefficient (Wildman–Crippen LogP) is 4.19. The summed E-state index contributed by atoms with van der Waals surface area (Å²) in [5.41, 5.74) is 6.56. The van der Waals surface area contributed by atoms with Crippen molar-refractivity contribution >= 4 is 67.3 Å². The summed E-state index contributed by atoms with van der Waals surface area (Å²) >= 11 is 3.18. The fraction of sp³-hybridized carbons (Fsp3) is 0.0526. The van der Waals surface area contributed by atoms with E-state index in [1.54, 1.807) is 36.4 Å². The zero-order chi connectivity index (χ0) is 21.9. The number of anilines is 3. The van der Waals surface area contributed by atoms with Crippen molar-refractivity contribution in [1.29, 1.82) is 0 Å². The van der Waals surface area contributed by atoms with Crippen LogP contribution in [0.4, 0.5) is 21.5 Å². The van der Waals surface area contributed by atoms with E-state index in [0.717, 1.165) is 9.83 Å². The van der Waals surface area contributed by atoms with Crippen LogP contribution in [0, 0.1) is 9.39 Å². The molecule has 0 saturated heterocycles. The van der Waals surface area contributed by atoms with Crippen molar-refractivity contribution in [1.82, 2.24) is 4.98 Å². The minimum Gasteiger partial charge on any atom is -0.365 e. The molecule has 4 N–H and O–H groups in total. The number of pyridine rings is 1. The third-order valence-corrected chi connectivity index (χ3v) is 6.02. The molecule has 0 saturated carbocycles. The number of rotatable bonds is 7. The summed E-state index contributed by atoms with van der Waals surface area (Å²) in [5.74, 6) is -1.19. The summed E-state index contributed by atoms with van der Waals surface area (Å²) in [6, 6.07) is 11.3. The number of halogens is 2. The molecule has 3 rings (SSSR count). The average Bonchev–Trinajstić information content (AvgIpc) is 2.63. The van der Waals surface area contributed by atoms with Crippen LogP contribution < -0.4 is 15.8 Å². The molecular weight excluding hydrogens is 542 g/mol. The minimum atomic E-state index is -3.43. The van der Waals surface area contributed by atoms with Crippen molar-refractivity contribution in [2.45, 2.75) is 9.79 Å². The fourth-order valence-corrected chi connectivity index (χ4v) is 4.59. The second kappa shape index (κ2) is 9.18. The maximum absolute atomic E-state index is 14.2. The van der Waals surface area contributed by atoms with Crippen molar-refractivity contribution in [2.24, 2.45) is 5.73 Å². The predicted molar refractivity (Wildman–Crippen MR) is 124 cm³/mol. The van der Waals surface area contributed by atoms with Crippen LogP contribution in [0.2, 0.25) is 0 Å². The molecule has 7 nitrogen and oxygen atoms in total. The molecular formula is C19H16FIN4O3S2. The summed E-state index contributed by atoms with van der Waals surface area (Å²) in [5, 5.41) is 2.87. The molecule has 1 heterocycles. The van der Waals surface area contributed by atoms with Gasteiger partial charge < -0.3 is 11.1 Å². The van der Waals surface area contributed by atoms with Gasteiger partial charge in [0.25, 0.3) is 5.91 Å². The molecule has 0 unspecified atom stereocenters. The Balaban J connectivity index is 1.95. The molecule has 0 aliphatic rings. The Morgan fingerprint density at radius 1 is 1.17 bits per heavy atom. The molecule has 0 aliphatic heterocycles. The maximum Gasteiger partial charge on any atom is 0.252 e. The maximum atomic E-state index is 14.2. The summed E-state index contributed by atoms with van der Waals surface area (Å²) in [4.78, 5) is 17.4. The van der Waals surface area contributed by atoms with Gasteiger partial charge in [0.2, 0.25) is 10.0 Å². The number of benzene rings is 2. The van der Waals surface area contributed by atoms with E-state index < -0.39 is 21.7 Å². The van der Waals surface area contributed by atoms with E-state index in [0.29, 0.717) is 15.5 Å². The Labute approximate surface area is 190 Å². The SMILES string of the molecule is CS(=O)(=O)Nc1cccc(Sc2cncc(Nc3ccc(I)cc3F)c2C(N)=O)c1. The molecule has 30 heavy (non-hydrogen) atoms. The van der Waals surface area contributed by atoms with Crippen LogP contribution in [0.1, 0.15) is 10.4 Å². The topological polar surface area (TPSA) is 114 Å². The fourth-order valence-electron chi connectivity index (χ4n) is 2.57. The lowest BCUT2D eigenvalue weighted by atomic mass is 10.2. The number of hydrogen-bond donors (Lipinski definition) is 3. The van der Waals surface area contributed by atoms with Crippen LogP contribution in [0.5, 0.6) is 0 Å². The van der Waals surface area contributed by atoms with Crippen molar-refractivity contribution in [3.05, 3.63) is 69.8 Å². The van der Waals surface area contributed by atoms with E-state index >= 15 is 0 Å². The summed E-state index contributed by atoms with van der Waals surface area (Å²) in [6.45, 7) is 0. The van der Waals surface area contributed by atoms with Crippen LogP contribution in [0.25, 0.3) is 0 Å². The summed E-state index contributed by atoms with van der Waals surface area (Å²) in [7, 11) is -3.43. The highest BCUT2D eigenvalue weighted by Gasteiger charge is 2.17. The highest BCUT2D eigenvalue weighted by Crippen LogP contribution is 2.35. The number of carbonyl (C=O) groups is 1. The van der Waals surface area contributed by atoms with Crippen molar-refractivity contribution in [3.63, 3.8) is 0 Å². The van der Waals surface area contributed by atoms with Gasteiger partial charge in [-0.15, -0.1) is 0 Å². The zero-order valence-corrected chi connectivity index (χ0v) is 19.3. The number of primary amides is 1. The van der Waals surface area contributed by atoms with Crippen LogP contribution in [-0.4, -0.2) is 25.6 Å². The minimum absolute atomic E-state index is 0.148. The van der Waals surface area contributed by atoms with E-state index in [4.69, 9.17) is 5.73 Å². The van der Waals surface area contributed by atoms with E-state index in [9.17, 15) is 17.6 Å². The van der Waals surface area contributed by atoms with Gasteiger partial charge >= 0.3 is 0 Å². The lowest BCUT2D eigenvalue weighted by Gasteiger charge is -2.14. The largest absolute Gasteiger partial charge is 0.365 e. The monoisotopic (exact) mass is 558 g/mol. The first-order valence-corrected chi connectivity index (χ1v) is 12.2. The standard InChI is InChI=1S/C19H16FIN4O3S2/c1-30(27,28)25-12-3-2-4-13(8-12)29-17-10-23-9-16(18(17)19(22)26)24-15-6-5-11(21)7-14(15)20/h2-10,24-25H,1H3,(H2,22,26). The molecule has 11 heteroatoms. The molecule has 0 fully saturated rings. The quantitative estimate of drug-likeness (QED) is 0.375. The number of carbonyl (C=O) groups excluding carboxylic acids is 1. The van der Waals surface area contributed by atoms with Gasteiger partial charge in [0.15, 0.2) is 0 Å². The molecule has 1 aromatic heterocycles. The average molecular weight is 558 g/mol. The molecule has 2 aromatic carbocycles. The molecule has 1 amide bonds. The second-order valence-corrected chi connectivity index (χ2v) is 10.3. The number of aromatic nitrogens is 1. The molecule has 156 valence electrons. The van der Waals surface area contributed by atoms with Crippen molar-refractivity contribution in [2.75, 3.05) is 16.3 Å². The molecule has 0 atom stereocenters. The third kappa shape index (κ3) is 5.83. The van der Waals surface area contributed by atoms with Gasteiger partial charge in [-0.2, -0.15) is 0 Å². The normalized spacial score (nSPS) is 11.2. The van der Waals surface area contributed by atoms with Crippen LogP contribution >= 0.6 is 34.4 Å². The van der Waals surface area contributed by atoms with Crippen molar-refractivity contribution in [3.8, 4) is 0 Å². The Morgan fingerprint density at radius 2 is 1.93 bits per heavy atom. The molecule has 0 bridgehead atoms. The third-order valence-electron chi connectivity index (χ3n) is 3.72. The molecule has 0 spiro atoms. The summed E-state index contributed by atoms with van der Waals surface area (Å²) in [6.07, 6.45) is 3.92. The number of sulfonamides is 1. The van der Waals surface area contributed by atoms with Crippen LogP contribution in [0.15, 0.2) is 64.6 Å². The number of hydrogen-bond acceptors (Lipinski definition) is 6. The Morgan fingerprint density at radius 3 is 2.60 bits per heavy atom. The lowest BCUT2D eigenvalue weighted by molar-refractivity contribution is 0.0998. The number of nitrogens with one attached hydrogen (secondary N) is 2. The first-order chi connectivity index (χ1) is 14.1. The first kappa shape index (κ1) is 22.3. The van der Waals surface area contributed by atoms with Gasteiger partial charge in [-0.25, -0.2) is 12.8 Å². The Bertz CT molecular complexity index is 1220. The summed E-state index contributed by atoms with van der Waals surface area (Å²) < 4.78 is 40.3. The Hall–Kier alpha value is -2.38. The van der Waals surface area contributed by atoms with Crippen LogP contribution in [0.3, 0.4) is 0 Å². The van der Waals surface area contributed by atoms with Crippen LogP contribution in [-0.2, 0) is 10.0 Å². The molecule has 0 radical (unpaired) electrons. The number of nitrogens with zero attached hydrogens (tertiary/aromatic N) is 1. The lowest BCUT2D eigenvalue weighted by Crippen LogP contribution is -2.15. The van der Waals surface area contributed by atoms with Gasteiger partial charge in [-0.3, -0.25) is 14.5 Å². The number of nitrogens with two attached hydrogens (primary N) is 1. The molecule has 3 aromatic rings. The first-order valence-electron chi connectivity index (χ1n) is 8.38. The molecule has 0 aliphatic carbocycles. The van der Waals surface area contributed by atoms with Gasteiger partial charge in [0, 0.05) is 25.2 Å². The van der Waals surface area contributed by atoms with Gasteiger partial charge in [0.1, 0.15) is 5.82 Å². The second-order valence-electron chi connectivity index (χ2n) is 6.18. The van der Waals surface area contributed by atoms with Gasteiger partial charge in [-0.1, -0.05) is 17.8 Å². The zero-order valence-electron chi connectivity index (χ0n) is 15.5. The van der Waals surface area contributed by atoms with Gasteiger partial charge in [0.05, 0.1) is 29.4 Å².